The highest BCUT2D eigenvalue weighted by Crippen LogP contribution is 2.16. The third kappa shape index (κ3) is 3.52. The van der Waals surface area contributed by atoms with E-state index in [1.165, 1.54) is 0 Å². The second-order valence-electron chi connectivity index (χ2n) is 3.03. The summed E-state index contributed by atoms with van der Waals surface area (Å²) < 4.78 is 28.3. The summed E-state index contributed by atoms with van der Waals surface area (Å²) in [6, 6.07) is 6.81. The fourth-order valence-corrected chi connectivity index (χ4v) is 2.62. The van der Waals surface area contributed by atoms with Crippen molar-refractivity contribution in [3.8, 4) is 0 Å². The largest absolute Gasteiger partial charge is 0.297 e. The summed E-state index contributed by atoms with van der Waals surface area (Å²) in [7, 11) is -3.58. The summed E-state index contributed by atoms with van der Waals surface area (Å²) in [6.07, 6.45) is 1.91. The van der Waals surface area contributed by atoms with Gasteiger partial charge in [-0.25, -0.2) is 0 Å². The van der Waals surface area contributed by atoms with E-state index in [1.807, 2.05) is 6.26 Å². The van der Waals surface area contributed by atoms with Crippen molar-refractivity contribution < 1.29 is 12.6 Å². The highest BCUT2D eigenvalue weighted by molar-refractivity contribution is 7.98. The van der Waals surface area contributed by atoms with Crippen LogP contribution in [-0.4, -0.2) is 27.0 Å². The smallest absolute Gasteiger partial charge is 0.265 e. The Kier molecular flexibility index (Phi) is 4.63. The molecule has 0 atom stereocenters. The molecule has 0 N–H and O–H groups in total. The molecule has 1 rings (SSSR count). The Hall–Kier alpha value is -0.520. The van der Waals surface area contributed by atoms with Crippen LogP contribution in [0.1, 0.15) is 5.56 Å². The lowest BCUT2D eigenvalue weighted by molar-refractivity contribution is 0.341. The van der Waals surface area contributed by atoms with Crippen molar-refractivity contribution in [2.24, 2.45) is 0 Å². The van der Waals surface area contributed by atoms with Crippen LogP contribution >= 0.6 is 11.8 Å². The lowest BCUT2D eigenvalue weighted by Gasteiger charge is -2.06. The van der Waals surface area contributed by atoms with Crippen molar-refractivity contribution in [1.29, 1.82) is 0 Å². The molecule has 0 spiro atoms. The van der Waals surface area contributed by atoms with Gasteiger partial charge < -0.3 is 0 Å². The summed E-state index contributed by atoms with van der Waals surface area (Å²) in [5.41, 5.74) is 0.710. The van der Waals surface area contributed by atoms with Gasteiger partial charge in [0.05, 0.1) is 11.5 Å². The molecule has 1 aromatic carbocycles. The van der Waals surface area contributed by atoms with Crippen LogP contribution < -0.4 is 0 Å². The van der Waals surface area contributed by atoms with Gasteiger partial charge in [-0.1, -0.05) is 18.2 Å². The van der Waals surface area contributed by atoms with Gasteiger partial charge in [0.25, 0.3) is 10.1 Å². The lowest BCUT2D eigenvalue weighted by Crippen LogP contribution is -2.10. The molecule has 3 nitrogen and oxygen atoms in total. The van der Waals surface area contributed by atoms with Crippen molar-refractivity contribution >= 4 is 21.9 Å². The summed E-state index contributed by atoms with van der Waals surface area (Å²) >= 11 is 1.55. The molecule has 0 heterocycles. The first-order chi connectivity index (χ1) is 7.08. The Labute approximate surface area is 95.0 Å². The van der Waals surface area contributed by atoms with Crippen LogP contribution in [0.4, 0.5) is 0 Å². The maximum atomic E-state index is 11.7. The highest BCUT2D eigenvalue weighted by atomic mass is 32.2. The van der Waals surface area contributed by atoms with E-state index >= 15 is 0 Å². The third-order valence-electron chi connectivity index (χ3n) is 1.89. The molecule has 0 aliphatic carbocycles. The van der Waals surface area contributed by atoms with Gasteiger partial charge >= 0.3 is 0 Å². The molecule has 0 bridgehead atoms. The Morgan fingerprint density at radius 3 is 2.60 bits per heavy atom. The van der Waals surface area contributed by atoms with E-state index in [2.05, 4.69) is 0 Å². The van der Waals surface area contributed by atoms with Gasteiger partial charge in [-0.15, -0.1) is 0 Å². The fraction of sp³-hybridized carbons (Fsp3) is 0.400. The van der Waals surface area contributed by atoms with E-state index in [0.29, 0.717) is 11.3 Å². The standard InChI is InChI=1S/C10H14O3S2/c1-9-5-3-4-6-10(9)15(11,12)13-7-8-14-2/h3-6H,7-8H2,1-2H3. The molecule has 0 amide bonds. The number of hydrogen-bond donors (Lipinski definition) is 0. The highest BCUT2D eigenvalue weighted by Gasteiger charge is 2.16. The molecule has 0 fully saturated rings. The van der Waals surface area contributed by atoms with E-state index in [-0.39, 0.29) is 11.5 Å². The zero-order chi connectivity index (χ0) is 11.3. The number of thioether (sulfide) groups is 1. The SMILES string of the molecule is CSCCOS(=O)(=O)c1ccccc1C. The number of benzene rings is 1. The minimum Gasteiger partial charge on any atom is -0.265 e. The molecule has 5 heteroatoms. The van der Waals surface area contributed by atoms with Crippen LogP contribution in [-0.2, 0) is 14.3 Å². The Bertz CT molecular complexity index is 412. The minimum absolute atomic E-state index is 0.220. The first kappa shape index (κ1) is 12.5. The normalized spacial score (nSPS) is 11.6. The van der Waals surface area contributed by atoms with E-state index < -0.39 is 10.1 Å². The zero-order valence-electron chi connectivity index (χ0n) is 8.76. The number of hydrogen-bond acceptors (Lipinski definition) is 4. The predicted molar refractivity (Wildman–Crippen MR) is 62.7 cm³/mol. The molecule has 84 valence electrons. The molecular formula is C10H14O3S2. The second kappa shape index (κ2) is 5.53. The van der Waals surface area contributed by atoms with Crippen LogP contribution in [0.3, 0.4) is 0 Å². The molecule has 0 saturated carbocycles. The maximum absolute atomic E-state index is 11.7. The Balaban J connectivity index is 2.83. The monoisotopic (exact) mass is 246 g/mol. The first-order valence-electron chi connectivity index (χ1n) is 4.52. The van der Waals surface area contributed by atoms with Gasteiger partial charge in [-0.2, -0.15) is 20.2 Å². The summed E-state index contributed by atoms with van der Waals surface area (Å²) in [5, 5.41) is 0. The Morgan fingerprint density at radius 1 is 1.33 bits per heavy atom. The maximum Gasteiger partial charge on any atom is 0.297 e. The van der Waals surface area contributed by atoms with Gasteiger partial charge in [0, 0.05) is 5.75 Å². The van der Waals surface area contributed by atoms with Crippen LogP contribution in [0.2, 0.25) is 0 Å². The minimum atomic E-state index is -3.58. The molecular weight excluding hydrogens is 232 g/mol. The molecule has 0 aliphatic rings. The number of aryl methyl sites for hydroxylation is 1. The topological polar surface area (TPSA) is 43.4 Å². The van der Waals surface area contributed by atoms with E-state index in [4.69, 9.17) is 4.18 Å². The molecule has 0 radical (unpaired) electrons. The summed E-state index contributed by atoms with van der Waals surface area (Å²) in [6.45, 7) is 1.97. The summed E-state index contributed by atoms with van der Waals surface area (Å²) in [5.74, 6) is 0.672. The van der Waals surface area contributed by atoms with E-state index in [9.17, 15) is 8.42 Å². The van der Waals surface area contributed by atoms with E-state index in [0.717, 1.165) is 0 Å². The second-order valence-corrected chi connectivity index (χ2v) is 5.60. The molecule has 0 aromatic heterocycles. The van der Waals surface area contributed by atoms with Crippen LogP contribution in [0.25, 0.3) is 0 Å². The van der Waals surface area contributed by atoms with Crippen molar-refractivity contribution in [1.82, 2.24) is 0 Å². The molecule has 15 heavy (non-hydrogen) atoms. The average molecular weight is 246 g/mol. The van der Waals surface area contributed by atoms with Crippen LogP contribution in [0, 0.1) is 6.92 Å². The van der Waals surface area contributed by atoms with Crippen molar-refractivity contribution in [2.75, 3.05) is 18.6 Å². The lowest BCUT2D eigenvalue weighted by atomic mass is 10.2. The zero-order valence-corrected chi connectivity index (χ0v) is 10.4. The third-order valence-corrected chi connectivity index (χ3v) is 3.94. The first-order valence-corrected chi connectivity index (χ1v) is 7.32. The van der Waals surface area contributed by atoms with Crippen LogP contribution in [0.5, 0.6) is 0 Å². The predicted octanol–water partition coefficient (Wildman–Crippen LogP) is 2.06. The molecule has 0 aliphatic heterocycles. The van der Waals surface area contributed by atoms with Crippen molar-refractivity contribution in [3.05, 3.63) is 29.8 Å². The molecule has 0 saturated heterocycles. The van der Waals surface area contributed by atoms with Gasteiger partial charge in [-0.3, -0.25) is 4.18 Å². The van der Waals surface area contributed by atoms with Crippen LogP contribution in [0.15, 0.2) is 29.2 Å². The van der Waals surface area contributed by atoms with Crippen molar-refractivity contribution in [2.45, 2.75) is 11.8 Å². The average Bonchev–Trinajstić information content (AvgIpc) is 2.18. The van der Waals surface area contributed by atoms with Gasteiger partial charge in [0.15, 0.2) is 0 Å². The van der Waals surface area contributed by atoms with E-state index in [1.54, 1.807) is 43.0 Å². The van der Waals surface area contributed by atoms with Crippen molar-refractivity contribution in [3.63, 3.8) is 0 Å². The quantitative estimate of drug-likeness (QED) is 0.589. The Morgan fingerprint density at radius 2 is 2.00 bits per heavy atom. The summed E-state index contributed by atoms with van der Waals surface area (Å²) in [4.78, 5) is 0.256. The van der Waals surface area contributed by atoms with Gasteiger partial charge in [-0.05, 0) is 24.8 Å². The number of rotatable bonds is 5. The fourth-order valence-electron chi connectivity index (χ4n) is 1.13. The molecule has 0 unspecified atom stereocenters. The van der Waals surface area contributed by atoms with Gasteiger partial charge in [0.2, 0.25) is 0 Å². The molecule has 1 aromatic rings. The van der Waals surface area contributed by atoms with Gasteiger partial charge in [0.1, 0.15) is 0 Å².